The van der Waals surface area contributed by atoms with E-state index < -0.39 is 17.7 Å². The first-order valence-corrected chi connectivity index (χ1v) is 3.96. The minimum atomic E-state index is -2.78. The van der Waals surface area contributed by atoms with Crippen molar-refractivity contribution in [1.29, 1.82) is 5.26 Å². The van der Waals surface area contributed by atoms with Gasteiger partial charge in [0.1, 0.15) is 10.5 Å². The van der Waals surface area contributed by atoms with Gasteiger partial charge < -0.3 is 4.98 Å². The fourth-order valence-electron chi connectivity index (χ4n) is 0.762. The van der Waals surface area contributed by atoms with Gasteiger partial charge in [-0.25, -0.2) is 8.78 Å². The van der Waals surface area contributed by atoms with Gasteiger partial charge in [0.2, 0.25) is 0 Å². The molecule has 0 aliphatic heterocycles. The SMILES string of the molecule is N#Cc1cc(C(F)F)[nH]c(=O)c1Br. The van der Waals surface area contributed by atoms with Crippen molar-refractivity contribution in [2.45, 2.75) is 6.43 Å². The van der Waals surface area contributed by atoms with Crippen molar-refractivity contribution < 1.29 is 8.78 Å². The average Bonchev–Trinajstić information content (AvgIpc) is 2.09. The number of nitrogens with zero attached hydrogens (tertiary/aromatic N) is 1. The maximum absolute atomic E-state index is 12.1. The first kappa shape index (κ1) is 9.86. The highest BCUT2D eigenvalue weighted by atomic mass is 79.9. The largest absolute Gasteiger partial charge is 0.320 e. The van der Waals surface area contributed by atoms with Crippen LogP contribution in [0, 0.1) is 11.3 Å². The number of H-pyrrole nitrogens is 1. The standard InChI is InChI=1S/C7H3BrF2N2O/c8-5-3(2-11)1-4(6(9)10)12-7(5)13/h1,6H,(H,12,13). The lowest BCUT2D eigenvalue weighted by molar-refractivity contribution is 0.145. The monoisotopic (exact) mass is 248 g/mol. The molecule has 68 valence electrons. The topological polar surface area (TPSA) is 56.6 Å². The van der Waals surface area contributed by atoms with Crippen LogP contribution >= 0.6 is 15.9 Å². The highest BCUT2D eigenvalue weighted by Crippen LogP contribution is 2.18. The van der Waals surface area contributed by atoms with E-state index in [2.05, 4.69) is 15.9 Å². The van der Waals surface area contributed by atoms with E-state index in [1.165, 1.54) is 0 Å². The first-order chi connectivity index (χ1) is 6.06. The molecule has 1 N–H and O–H groups in total. The van der Waals surface area contributed by atoms with Gasteiger partial charge in [0.15, 0.2) is 0 Å². The number of aromatic nitrogens is 1. The molecule has 3 nitrogen and oxygen atoms in total. The molecule has 13 heavy (non-hydrogen) atoms. The Labute approximate surface area is 80.1 Å². The number of halogens is 3. The predicted molar refractivity (Wildman–Crippen MR) is 44.4 cm³/mol. The number of aromatic amines is 1. The Balaban J connectivity index is 3.42. The first-order valence-electron chi connectivity index (χ1n) is 3.17. The zero-order chi connectivity index (χ0) is 10.0. The molecule has 0 fully saturated rings. The lowest BCUT2D eigenvalue weighted by Gasteiger charge is -2.00. The van der Waals surface area contributed by atoms with Crippen LogP contribution in [-0.4, -0.2) is 4.98 Å². The molecular formula is C7H3BrF2N2O. The molecule has 0 spiro atoms. The molecule has 0 bridgehead atoms. The molecule has 0 radical (unpaired) electrons. The normalized spacial score (nSPS) is 10.1. The van der Waals surface area contributed by atoms with Gasteiger partial charge >= 0.3 is 0 Å². The molecule has 0 atom stereocenters. The minimum Gasteiger partial charge on any atom is -0.320 e. The van der Waals surface area contributed by atoms with Crippen LogP contribution in [-0.2, 0) is 0 Å². The minimum absolute atomic E-state index is 0.0283. The van der Waals surface area contributed by atoms with E-state index in [1.54, 1.807) is 6.07 Å². The van der Waals surface area contributed by atoms with Crippen molar-refractivity contribution in [1.82, 2.24) is 4.98 Å². The van der Waals surface area contributed by atoms with E-state index in [9.17, 15) is 13.6 Å². The van der Waals surface area contributed by atoms with Crippen LogP contribution in [0.3, 0.4) is 0 Å². The number of nitriles is 1. The van der Waals surface area contributed by atoms with Gasteiger partial charge in [-0.1, -0.05) is 0 Å². The number of pyridine rings is 1. The van der Waals surface area contributed by atoms with Crippen molar-refractivity contribution in [2.24, 2.45) is 0 Å². The Morgan fingerprint density at radius 3 is 2.69 bits per heavy atom. The summed E-state index contributed by atoms with van der Waals surface area (Å²) in [6.07, 6.45) is -2.78. The predicted octanol–water partition coefficient (Wildman–Crippen LogP) is 1.95. The summed E-state index contributed by atoms with van der Waals surface area (Å²) in [7, 11) is 0. The molecule has 1 aromatic rings. The molecule has 6 heteroatoms. The quantitative estimate of drug-likeness (QED) is 0.826. The van der Waals surface area contributed by atoms with E-state index >= 15 is 0 Å². The Morgan fingerprint density at radius 2 is 2.23 bits per heavy atom. The lowest BCUT2D eigenvalue weighted by atomic mass is 10.2. The maximum atomic E-state index is 12.1. The van der Waals surface area contributed by atoms with Crippen LogP contribution in [0.15, 0.2) is 15.3 Å². The molecule has 0 aliphatic carbocycles. The fourth-order valence-corrected chi connectivity index (χ4v) is 1.06. The zero-order valence-electron chi connectivity index (χ0n) is 6.14. The number of alkyl halides is 2. The molecule has 1 heterocycles. The van der Waals surface area contributed by atoms with Crippen LogP contribution in [0.4, 0.5) is 8.78 Å². The van der Waals surface area contributed by atoms with Gasteiger partial charge in [0, 0.05) is 0 Å². The van der Waals surface area contributed by atoms with Crippen molar-refractivity contribution in [3.8, 4) is 6.07 Å². The second-order valence-corrected chi connectivity index (χ2v) is 2.99. The van der Waals surface area contributed by atoms with Gasteiger partial charge in [0.05, 0.1) is 11.3 Å². The average molecular weight is 249 g/mol. The number of hydrogen-bond donors (Lipinski definition) is 1. The number of hydrogen-bond acceptors (Lipinski definition) is 2. The van der Waals surface area contributed by atoms with Crippen molar-refractivity contribution in [3.63, 3.8) is 0 Å². The van der Waals surface area contributed by atoms with E-state index in [0.717, 1.165) is 6.07 Å². The molecule has 0 aliphatic rings. The molecule has 0 saturated heterocycles. The van der Waals surface area contributed by atoms with Crippen LogP contribution in [0.1, 0.15) is 17.7 Å². The molecule has 0 amide bonds. The zero-order valence-corrected chi connectivity index (χ0v) is 7.73. The number of rotatable bonds is 1. The molecule has 0 saturated carbocycles. The second-order valence-electron chi connectivity index (χ2n) is 2.19. The fraction of sp³-hybridized carbons (Fsp3) is 0.143. The van der Waals surface area contributed by atoms with Crippen molar-refractivity contribution in [3.05, 3.63) is 32.2 Å². The summed E-state index contributed by atoms with van der Waals surface area (Å²) >= 11 is 2.81. The summed E-state index contributed by atoms with van der Waals surface area (Å²) in [6, 6.07) is 2.57. The third-order valence-corrected chi connectivity index (χ3v) is 2.14. The molecule has 1 rings (SSSR count). The third-order valence-electron chi connectivity index (χ3n) is 1.35. The molecular weight excluding hydrogens is 246 g/mol. The van der Waals surface area contributed by atoms with Gasteiger partial charge in [-0.3, -0.25) is 4.79 Å². The van der Waals surface area contributed by atoms with Crippen molar-refractivity contribution >= 4 is 15.9 Å². The summed E-state index contributed by atoms with van der Waals surface area (Å²) in [4.78, 5) is 12.9. The highest BCUT2D eigenvalue weighted by molar-refractivity contribution is 9.10. The Bertz CT molecular complexity index is 421. The highest BCUT2D eigenvalue weighted by Gasteiger charge is 2.12. The van der Waals surface area contributed by atoms with Crippen LogP contribution in [0.5, 0.6) is 0 Å². The molecule has 1 aromatic heterocycles. The second kappa shape index (κ2) is 3.66. The van der Waals surface area contributed by atoms with E-state index in [4.69, 9.17) is 5.26 Å². The maximum Gasteiger partial charge on any atom is 0.278 e. The molecule has 0 unspecified atom stereocenters. The van der Waals surface area contributed by atoms with Gasteiger partial charge in [-0.15, -0.1) is 0 Å². The van der Waals surface area contributed by atoms with Crippen LogP contribution in [0.2, 0.25) is 0 Å². The van der Waals surface area contributed by atoms with Gasteiger partial charge in [0.25, 0.3) is 12.0 Å². The van der Waals surface area contributed by atoms with E-state index in [0.29, 0.717) is 0 Å². The Morgan fingerprint density at radius 1 is 1.62 bits per heavy atom. The van der Waals surface area contributed by atoms with Crippen LogP contribution in [0.25, 0.3) is 0 Å². The van der Waals surface area contributed by atoms with Gasteiger partial charge in [-0.05, 0) is 22.0 Å². The Kier molecular flexibility index (Phi) is 2.78. The summed E-state index contributed by atoms with van der Waals surface area (Å²) < 4.78 is 24.2. The van der Waals surface area contributed by atoms with Crippen LogP contribution < -0.4 is 5.56 Å². The van der Waals surface area contributed by atoms with Gasteiger partial charge in [-0.2, -0.15) is 5.26 Å². The van der Waals surface area contributed by atoms with E-state index in [1.807, 2.05) is 4.98 Å². The Hall–Kier alpha value is -1.22. The summed E-state index contributed by atoms with van der Waals surface area (Å²) in [5.41, 5.74) is -1.38. The van der Waals surface area contributed by atoms with Crippen molar-refractivity contribution in [2.75, 3.05) is 0 Å². The lowest BCUT2D eigenvalue weighted by Crippen LogP contribution is -2.11. The summed E-state index contributed by atoms with van der Waals surface area (Å²) in [5.74, 6) is 0. The number of nitrogens with one attached hydrogen (secondary N) is 1. The summed E-state index contributed by atoms with van der Waals surface area (Å²) in [5, 5.41) is 8.47. The van der Waals surface area contributed by atoms with E-state index in [-0.39, 0.29) is 10.0 Å². The third kappa shape index (κ3) is 1.92. The smallest absolute Gasteiger partial charge is 0.278 e. The summed E-state index contributed by atoms with van der Waals surface area (Å²) in [6.45, 7) is 0. The molecule has 0 aromatic carbocycles.